The molecule has 7 heteroatoms. The molecule has 0 aliphatic heterocycles. The van der Waals surface area contributed by atoms with Crippen molar-refractivity contribution in [2.75, 3.05) is 7.05 Å². The van der Waals surface area contributed by atoms with Gasteiger partial charge in [-0.1, -0.05) is 6.92 Å². The third-order valence-corrected chi connectivity index (χ3v) is 4.73. The summed E-state index contributed by atoms with van der Waals surface area (Å²) in [5.74, 6) is -1.18. The number of sulfonamides is 1. The van der Waals surface area contributed by atoms with Gasteiger partial charge in [-0.15, -0.1) is 0 Å². The minimum Gasteiger partial charge on any atom is -0.477 e. The fourth-order valence-corrected chi connectivity index (χ4v) is 2.74. The highest BCUT2D eigenvalue weighted by Crippen LogP contribution is 2.18. The minimum atomic E-state index is -3.62. The number of aromatic carboxylic acids is 1. The molecule has 2 N–H and O–H groups in total. The van der Waals surface area contributed by atoms with Gasteiger partial charge in [0.1, 0.15) is 10.6 Å². The maximum absolute atomic E-state index is 12.1. The summed E-state index contributed by atoms with van der Waals surface area (Å²) >= 11 is 0. The van der Waals surface area contributed by atoms with Crippen LogP contribution in [-0.4, -0.2) is 41.9 Å². The number of carboxylic acid groups (broad SMARTS) is 1. The van der Waals surface area contributed by atoms with Crippen LogP contribution in [0.2, 0.25) is 0 Å². The van der Waals surface area contributed by atoms with E-state index in [1.54, 1.807) is 6.92 Å². The molecule has 0 aliphatic rings. The number of nitrogens with one attached hydrogen (secondary N) is 1. The first kappa shape index (κ1) is 13.7. The van der Waals surface area contributed by atoms with E-state index in [1.165, 1.54) is 17.5 Å². The number of H-pyrrole nitrogens is 1. The predicted octanol–water partition coefficient (Wildman–Crippen LogP) is 1.13. The van der Waals surface area contributed by atoms with Crippen molar-refractivity contribution in [3.05, 3.63) is 18.0 Å². The van der Waals surface area contributed by atoms with Gasteiger partial charge in [0.2, 0.25) is 10.0 Å². The molecule has 1 rings (SSSR count). The molecular weight excluding hydrogens is 244 g/mol. The first-order valence-corrected chi connectivity index (χ1v) is 6.64. The zero-order valence-electron chi connectivity index (χ0n) is 9.97. The molecule has 0 amide bonds. The molecule has 0 aromatic carbocycles. The monoisotopic (exact) mass is 260 g/mol. The van der Waals surface area contributed by atoms with Crippen molar-refractivity contribution in [1.29, 1.82) is 0 Å². The van der Waals surface area contributed by atoms with Gasteiger partial charge in [-0.25, -0.2) is 13.2 Å². The van der Waals surface area contributed by atoms with E-state index in [-0.39, 0.29) is 16.6 Å². The van der Waals surface area contributed by atoms with Crippen LogP contribution in [-0.2, 0) is 10.0 Å². The largest absolute Gasteiger partial charge is 0.477 e. The van der Waals surface area contributed by atoms with E-state index >= 15 is 0 Å². The molecule has 1 unspecified atom stereocenters. The van der Waals surface area contributed by atoms with Gasteiger partial charge in [0, 0.05) is 19.3 Å². The zero-order chi connectivity index (χ0) is 13.2. The fraction of sp³-hybridized carbons (Fsp3) is 0.500. The van der Waals surface area contributed by atoms with Crippen molar-refractivity contribution in [1.82, 2.24) is 9.29 Å². The molecule has 0 fully saturated rings. The number of aromatic nitrogens is 1. The molecule has 1 atom stereocenters. The number of carbonyl (C=O) groups is 1. The molecule has 0 spiro atoms. The molecule has 17 heavy (non-hydrogen) atoms. The first-order valence-electron chi connectivity index (χ1n) is 5.20. The van der Waals surface area contributed by atoms with Gasteiger partial charge in [0.15, 0.2) is 0 Å². The summed E-state index contributed by atoms with van der Waals surface area (Å²) in [5.41, 5.74) is -0.138. The number of hydrogen-bond acceptors (Lipinski definition) is 3. The van der Waals surface area contributed by atoms with E-state index < -0.39 is 16.0 Å². The van der Waals surface area contributed by atoms with Gasteiger partial charge in [-0.3, -0.25) is 0 Å². The molecule has 0 saturated carbocycles. The zero-order valence-corrected chi connectivity index (χ0v) is 10.8. The highest BCUT2D eigenvalue weighted by molar-refractivity contribution is 7.89. The van der Waals surface area contributed by atoms with Crippen molar-refractivity contribution in [3.8, 4) is 0 Å². The van der Waals surface area contributed by atoms with Crippen LogP contribution in [0.15, 0.2) is 17.2 Å². The van der Waals surface area contributed by atoms with E-state index in [4.69, 9.17) is 5.11 Å². The van der Waals surface area contributed by atoms with Gasteiger partial charge in [-0.05, 0) is 19.4 Å². The Morgan fingerprint density at radius 3 is 2.59 bits per heavy atom. The van der Waals surface area contributed by atoms with Crippen LogP contribution in [0.5, 0.6) is 0 Å². The van der Waals surface area contributed by atoms with Gasteiger partial charge in [0.05, 0.1) is 0 Å². The molecule has 0 bridgehead atoms. The SMILES string of the molecule is CCC(C)N(C)S(=O)(=O)c1c[nH]c(C(=O)O)c1. The summed E-state index contributed by atoms with van der Waals surface area (Å²) in [6.45, 7) is 3.68. The Bertz CT molecular complexity index is 506. The smallest absolute Gasteiger partial charge is 0.352 e. The maximum Gasteiger partial charge on any atom is 0.352 e. The molecule has 1 heterocycles. The Labute approximate surface area is 100 Å². The lowest BCUT2D eigenvalue weighted by atomic mass is 10.3. The second kappa shape index (κ2) is 4.89. The normalized spacial score (nSPS) is 13.9. The van der Waals surface area contributed by atoms with Crippen molar-refractivity contribution in [2.24, 2.45) is 0 Å². The lowest BCUT2D eigenvalue weighted by Crippen LogP contribution is -2.34. The average molecular weight is 260 g/mol. The van der Waals surface area contributed by atoms with Crippen LogP contribution >= 0.6 is 0 Å². The Morgan fingerprint density at radius 2 is 2.18 bits per heavy atom. The topological polar surface area (TPSA) is 90.5 Å². The predicted molar refractivity (Wildman–Crippen MR) is 62.5 cm³/mol. The van der Waals surface area contributed by atoms with Crippen LogP contribution in [0.4, 0.5) is 0 Å². The second-order valence-corrected chi connectivity index (χ2v) is 5.83. The summed E-state index contributed by atoms with van der Waals surface area (Å²) in [4.78, 5) is 13.0. The van der Waals surface area contributed by atoms with Crippen molar-refractivity contribution >= 4 is 16.0 Å². The Kier molecular flexibility index (Phi) is 3.94. The molecule has 0 aliphatic carbocycles. The van der Waals surface area contributed by atoms with E-state index in [2.05, 4.69) is 4.98 Å². The van der Waals surface area contributed by atoms with E-state index in [1.807, 2.05) is 6.92 Å². The second-order valence-electron chi connectivity index (χ2n) is 3.83. The average Bonchev–Trinajstić information content (AvgIpc) is 2.76. The lowest BCUT2D eigenvalue weighted by molar-refractivity contribution is 0.0691. The van der Waals surface area contributed by atoms with Crippen LogP contribution in [0, 0.1) is 0 Å². The lowest BCUT2D eigenvalue weighted by Gasteiger charge is -2.22. The van der Waals surface area contributed by atoms with Crippen molar-refractivity contribution in [2.45, 2.75) is 31.2 Å². The minimum absolute atomic E-state index is 0.0299. The Balaban J connectivity index is 3.09. The van der Waals surface area contributed by atoms with Crippen molar-refractivity contribution in [3.63, 3.8) is 0 Å². The van der Waals surface area contributed by atoms with E-state index in [0.717, 1.165) is 6.07 Å². The first-order chi connectivity index (χ1) is 7.80. The van der Waals surface area contributed by atoms with Gasteiger partial charge in [-0.2, -0.15) is 4.31 Å². The standard InChI is InChI=1S/C10H16N2O4S/c1-4-7(2)12(3)17(15,16)8-5-9(10(13)14)11-6-8/h5-7,11H,4H2,1-3H3,(H,13,14). The molecule has 6 nitrogen and oxygen atoms in total. The Morgan fingerprint density at radius 1 is 1.59 bits per heavy atom. The molecular formula is C10H16N2O4S. The summed E-state index contributed by atoms with van der Waals surface area (Å²) < 4.78 is 25.4. The summed E-state index contributed by atoms with van der Waals surface area (Å²) in [5, 5.41) is 8.72. The summed E-state index contributed by atoms with van der Waals surface area (Å²) in [6.07, 6.45) is 1.88. The van der Waals surface area contributed by atoms with Crippen LogP contribution < -0.4 is 0 Å². The molecule has 1 aromatic heterocycles. The number of rotatable bonds is 5. The van der Waals surface area contributed by atoms with Crippen LogP contribution in [0.25, 0.3) is 0 Å². The highest BCUT2D eigenvalue weighted by atomic mass is 32.2. The quantitative estimate of drug-likeness (QED) is 0.830. The number of hydrogen-bond donors (Lipinski definition) is 2. The summed E-state index contributed by atoms with van der Waals surface area (Å²) in [7, 11) is -2.14. The number of aromatic amines is 1. The molecule has 1 aromatic rings. The maximum atomic E-state index is 12.1. The van der Waals surface area contributed by atoms with Crippen LogP contribution in [0.3, 0.4) is 0 Å². The van der Waals surface area contributed by atoms with Gasteiger partial charge < -0.3 is 10.1 Å². The fourth-order valence-electron chi connectivity index (χ4n) is 1.31. The van der Waals surface area contributed by atoms with Gasteiger partial charge in [0.25, 0.3) is 0 Å². The number of carboxylic acids is 1. The highest BCUT2D eigenvalue weighted by Gasteiger charge is 2.26. The van der Waals surface area contributed by atoms with Crippen molar-refractivity contribution < 1.29 is 18.3 Å². The third-order valence-electron chi connectivity index (χ3n) is 2.78. The third kappa shape index (κ3) is 2.67. The number of nitrogens with zero attached hydrogens (tertiary/aromatic N) is 1. The Hall–Kier alpha value is -1.34. The van der Waals surface area contributed by atoms with Crippen LogP contribution in [0.1, 0.15) is 30.8 Å². The van der Waals surface area contributed by atoms with E-state index in [9.17, 15) is 13.2 Å². The summed E-state index contributed by atoms with van der Waals surface area (Å²) in [6, 6.07) is 0.986. The van der Waals surface area contributed by atoms with Gasteiger partial charge >= 0.3 is 5.97 Å². The molecule has 96 valence electrons. The molecule has 0 radical (unpaired) electrons. The molecule has 0 saturated heterocycles. The van der Waals surface area contributed by atoms with E-state index in [0.29, 0.717) is 6.42 Å².